The monoisotopic (exact) mass is 248 g/mol. The fourth-order valence-electron chi connectivity index (χ4n) is 1.63. The molecule has 2 nitrogen and oxygen atoms in total. The van der Waals surface area contributed by atoms with Crippen molar-refractivity contribution in [2.24, 2.45) is 0 Å². The lowest BCUT2D eigenvalue weighted by Gasteiger charge is -2.20. The van der Waals surface area contributed by atoms with Crippen LogP contribution in [0.15, 0.2) is 35.2 Å². The van der Waals surface area contributed by atoms with Crippen LogP contribution >= 0.6 is 11.8 Å². The average molecular weight is 248 g/mol. The molecule has 1 aromatic rings. The number of thioether (sulfide) groups is 1. The van der Waals surface area contributed by atoms with E-state index in [0.717, 1.165) is 12.8 Å². The highest BCUT2D eigenvalue weighted by atomic mass is 32.2. The minimum atomic E-state index is -0.411. The molecule has 17 heavy (non-hydrogen) atoms. The molecular formula is C14H16O2S. The second-order valence-corrected chi connectivity index (χ2v) is 4.90. The van der Waals surface area contributed by atoms with E-state index >= 15 is 0 Å². The maximum atomic E-state index is 5.51. The smallest absolute Gasteiger partial charge is 0.166 e. The molecule has 90 valence electrons. The van der Waals surface area contributed by atoms with Crippen molar-refractivity contribution in [3.8, 4) is 11.2 Å². The SMILES string of the molecule is CC1(CCC#CSc2ccccc2)OCCO1. The van der Waals surface area contributed by atoms with E-state index in [2.05, 4.69) is 23.3 Å². The molecule has 0 bridgehead atoms. The van der Waals surface area contributed by atoms with Crippen molar-refractivity contribution in [1.29, 1.82) is 0 Å². The molecule has 3 heteroatoms. The summed E-state index contributed by atoms with van der Waals surface area (Å²) in [5, 5.41) is 3.10. The number of benzene rings is 1. The Morgan fingerprint density at radius 2 is 1.94 bits per heavy atom. The summed E-state index contributed by atoms with van der Waals surface area (Å²) in [5.41, 5.74) is 0. The van der Waals surface area contributed by atoms with E-state index in [1.54, 1.807) is 11.8 Å². The summed E-state index contributed by atoms with van der Waals surface area (Å²) in [5.74, 6) is 2.73. The summed E-state index contributed by atoms with van der Waals surface area (Å²) >= 11 is 1.56. The van der Waals surface area contributed by atoms with Crippen molar-refractivity contribution in [2.45, 2.75) is 30.4 Å². The zero-order valence-electron chi connectivity index (χ0n) is 9.94. The molecule has 1 aliphatic rings. The fraction of sp³-hybridized carbons (Fsp3) is 0.429. The molecule has 1 heterocycles. The molecule has 1 fully saturated rings. The van der Waals surface area contributed by atoms with Gasteiger partial charge in [-0.1, -0.05) is 24.1 Å². The third-order valence-electron chi connectivity index (χ3n) is 2.59. The minimum absolute atomic E-state index is 0.411. The van der Waals surface area contributed by atoms with Gasteiger partial charge in [-0.15, -0.1) is 0 Å². The van der Waals surface area contributed by atoms with Gasteiger partial charge in [-0.05, 0) is 36.1 Å². The van der Waals surface area contributed by atoms with Crippen LogP contribution in [-0.2, 0) is 9.47 Å². The first kappa shape index (κ1) is 12.5. The lowest BCUT2D eigenvalue weighted by atomic mass is 10.2. The number of ether oxygens (including phenoxy) is 2. The Balaban J connectivity index is 1.72. The number of rotatable bonds is 3. The first-order chi connectivity index (χ1) is 8.29. The van der Waals surface area contributed by atoms with Crippen LogP contribution < -0.4 is 0 Å². The predicted molar refractivity (Wildman–Crippen MR) is 69.6 cm³/mol. The van der Waals surface area contributed by atoms with Crippen LogP contribution in [0.3, 0.4) is 0 Å². The van der Waals surface area contributed by atoms with Crippen LogP contribution in [0.2, 0.25) is 0 Å². The summed E-state index contributed by atoms with van der Waals surface area (Å²) in [6.07, 6.45) is 1.63. The van der Waals surface area contributed by atoms with E-state index in [9.17, 15) is 0 Å². The van der Waals surface area contributed by atoms with Crippen LogP contribution in [-0.4, -0.2) is 19.0 Å². The van der Waals surface area contributed by atoms with Gasteiger partial charge in [0.05, 0.1) is 13.2 Å². The third-order valence-corrected chi connectivity index (χ3v) is 3.34. The van der Waals surface area contributed by atoms with E-state index in [1.165, 1.54) is 4.90 Å². The van der Waals surface area contributed by atoms with Crippen LogP contribution in [0.25, 0.3) is 0 Å². The maximum Gasteiger partial charge on any atom is 0.166 e. The van der Waals surface area contributed by atoms with Crippen molar-refractivity contribution >= 4 is 11.8 Å². The largest absolute Gasteiger partial charge is 0.348 e. The molecular weight excluding hydrogens is 232 g/mol. The van der Waals surface area contributed by atoms with Gasteiger partial charge in [0.25, 0.3) is 0 Å². The lowest BCUT2D eigenvalue weighted by molar-refractivity contribution is -0.145. The molecule has 1 saturated heterocycles. The molecule has 0 atom stereocenters. The molecule has 0 aliphatic carbocycles. The predicted octanol–water partition coefficient (Wildman–Crippen LogP) is 3.28. The molecule has 0 spiro atoms. The van der Waals surface area contributed by atoms with Gasteiger partial charge in [-0.3, -0.25) is 0 Å². The molecule has 0 radical (unpaired) electrons. The lowest BCUT2D eigenvalue weighted by Crippen LogP contribution is -2.24. The zero-order chi connectivity index (χ0) is 12.0. The Kier molecular flexibility index (Phi) is 4.49. The molecule has 0 unspecified atom stereocenters. The van der Waals surface area contributed by atoms with Gasteiger partial charge in [0.2, 0.25) is 0 Å². The molecule has 1 aromatic carbocycles. The molecule has 0 aromatic heterocycles. The first-order valence-electron chi connectivity index (χ1n) is 5.76. The molecule has 2 rings (SSSR count). The Bertz CT molecular complexity index is 399. The summed E-state index contributed by atoms with van der Waals surface area (Å²) in [4.78, 5) is 1.18. The molecule has 0 N–H and O–H groups in total. The summed E-state index contributed by atoms with van der Waals surface area (Å²) in [6, 6.07) is 10.2. The topological polar surface area (TPSA) is 18.5 Å². The van der Waals surface area contributed by atoms with Crippen molar-refractivity contribution in [3.63, 3.8) is 0 Å². The maximum absolute atomic E-state index is 5.51. The second kappa shape index (κ2) is 6.11. The number of hydrogen-bond donors (Lipinski definition) is 0. The van der Waals surface area contributed by atoms with E-state index < -0.39 is 5.79 Å². The summed E-state index contributed by atoms with van der Waals surface area (Å²) in [6.45, 7) is 3.37. The van der Waals surface area contributed by atoms with E-state index in [4.69, 9.17) is 9.47 Å². The fourth-order valence-corrected chi connectivity index (χ4v) is 2.21. The number of hydrogen-bond acceptors (Lipinski definition) is 3. The van der Waals surface area contributed by atoms with Crippen molar-refractivity contribution in [2.75, 3.05) is 13.2 Å². The van der Waals surface area contributed by atoms with Crippen molar-refractivity contribution < 1.29 is 9.47 Å². The van der Waals surface area contributed by atoms with Crippen molar-refractivity contribution in [3.05, 3.63) is 30.3 Å². The van der Waals surface area contributed by atoms with Crippen molar-refractivity contribution in [1.82, 2.24) is 0 Å². The van der Waals surface area contributed by atoms with Crippen LogP contribution in [0.4, 0.5) is 0 Å². The highest BCUT2D eigenvalue weighted by Gasteiger charge is 2.29. The van der Waals surface area contributed by atoms with Gasteiger partial charge in [0.15, 0.2) is 5.79 Å². The van der Waals surface area contributed by atoms with Gasteiger partial charge in [0.1, 0.15) is 0 Å². The molecule has 0 saturated carbocycles. The Morgan fingerprint density at radius 3 is 2.65 bits per heavy atom. The highest BCUT2D eigenvalue weighted by molar-refractivity contribution is 8.03. The Morgan fingerprint density at radius 1 is 1.24 bits per heavy atom. The molecule has 0 amide bonds. The average Bonchev–Trinajstić information content (AvgIpc) is 2.77. The van der Waals surface area contributed by atoms with E-state index in [-0.39, 0.29) is 0 Å². The van der Waals surface area contributed by atoms with Crippen LogP contribution in [0, 0.1) is 11.2 Å². The quantitative estimate of drug-likeness (QED) is 0.604. The highest BCUT2D eigenvalue weighted by Crippen LogP contribution is 2.23. The van der Waals surface area contributed by atoms with Crippen LogP contribution in [0.5, 0.6) is 0 Å². The van der Waals surface area contributed by atoms with Gasteiger partial charge in [-0.25, -0.2) is 0 Å². The van der Waals surface area contributed by atoms with E-state index in [1.807, 2.05) is 25.1 Å². The van der Waals surface area contributed by atoms with E-state index in [0.29, 0.717) is 13.2 Å². The zero-order valence-corrected chi connectivity index (χ0v) is 10.8. The Hall–Kier alpha value is -0.950. The van der Waals surface area contributed by atoms with Crippen LogP contribution in [0.1, 0.15) is 19.8 Å². The standard InChI is InChI=1S/C14H16O2S/c1-14(15-10-11-16-14)9-5-6-12-17-13-7-3-2-4-8-13/h2-4,7-8H,5,9-11H2,1H3. The normalized spacial score (nSPS) is 17.5. The minimum Gasteiger partial charge on any atom is -0.348 e. The van der Waals surface area contributed by atoms with Gasteiger partial charge in [0, 0.05) is 17.7 Å². The first-order valence-corrected chi connectivity index (χ1v) is 6.58. The van der Waals surface area contributed by atoms with Gasteiger partial charge in [-0.2, -0.15) is 0 Å². The molecule has 1 aliphatic heterocycles. The second-order valence-electron chi connectivity index (χ2n) is 4.02. The summed E-state index contributed by atoms with van der Waals surface area (Å²) in [7, 11) is 0. The summed E-state index contributed by atoms with van der Waals surface area (Å²) < 4.78 is 11.0. The third kappa shape index (κ3) is 4.08. The van der Waals surface area contributed by atoms with Gasteiger partial charge >= 0.3 is 0 Å². The Labute approximate surface area is 107 Å². The van der Waals surface area contributed by atoms with Gasteiger partial charge < -0.3 is 9.47 Å².